The van der Waals surface area contributed by atoms with Gasteiger partial charge in [-0.15, -0.1) is 0 Å². The van der Waals surface area contributed by atoms with Crippen LogP contribution in [0.3, 0.4) is 0 Å². The van der Waals surface area contributed by atoms with Gasteiger partial charge in [0.1, 0.15) is 0 Å². The molecular weight excluding hydrogens is 260 g/mol. The van der Waals surface area contributed by atoms with E-state index in [0.717, 1.165) is 24.6 Å². The van der Waals surface area contributed by atoms with Gasteiger partial charge in [0, 0.05) is 24.6 Å². The van der Waals surface area contributed by atoms with E-state index >= 15 is 0 Å². The number of piperidine rings is 1. The Hall–Kier alpha value is -1.19. The smallest absolute Gasteiger partial charge is 0.166 e. The number of likely N-dealkylation sites (tertiary alicyclic amines) is 1. The highest BCUT2D eigenvalue weighted by atomic mass is 16.1. The molecule has 1 saturated heterocycles. The van der Waals surface area contributed by atoms with E-state index in [4.69, 9.17) is 0 Å². The Labute approximate surface area is 128 Å². The molecule has 0 N–H and O–H groups in total. The monoisotopic (exact) mass is 288 g/mol. The first-order valence-electron chi connectivity index (χ1n) is 8.02. The fraction of sp³-hybridized carbons (Fsp3) is 0.611. The predicted molar refractivity (Wildman–Crippen MR) is 87.7 cm³/mol. The second-order valence-corrected chi connectivity index (χ2v) is 6.60. The Morgan fingerprint density at radius 3 is 2.52 bits per heavy atom. The van der Waals surface area contributed by atoms with Crippen LogP contribution in [0.1, 0.15) is 30.1 Å². The summed E-state index contributed by atoms with van der Waals surface area (Å²) < 4.78 is 0. The molecule has 0 saturated carbocycles. The van der Waals surface area contributed by atoms with Gasteiger partial charge in [-0.25, -0.2) is 0 Å². The summed E-state index contributed by atoms with van der Waals surface area (Å²) in [6.07, 6.45) is 2.56. The fourth-order valence-corrected chi connectivity index (χ4v) is 3.20. The number of Topliss-reactive ketones (excluding diaryl/α,β-unsaturated/α-hetero) is 1. The summed E-state index contributed by atoms with van der Waals surface area (Å²) in [6, 6.07) is 9.64. The van der Waals surface area contributed by atoms with Crippen molar-refractivity contribution in [2.75, 3.05) is 40.3 Å². The SMILES string of the molecule is CC(CN(C)CC1CCN(C)CC1)C(=O)c1ccccc1. The molecular formula is C18H28N2O. The summed E-state index contributed by atoms with van der Waals surface area (Å²) in [4.78, 5) is 17.1. The Morgan fingerprint density at radius 1 is 1.29 bits per heavy atom. The lowest BCUT2D eigenvalue weighted by molar-refractivity contribution is 0.0889. The maximum absolute atomic E-state index is 12.4. The van der Waals surface area contributed by atoms with Crippen LogP contribution in [0.25, 0.3) is 0 Å². The van der Waals surface area contributed by atoms with Crippen molar-refractivity contribution in [2.45, 2.75) is 19.8 Å². The Morgan fingerprint density at radius 2 is 1.90 bits per heavy atom. The van der Waals surface area contributed by atoms with Crippen molar-refractivity contribution in [3.8, 4) is 0 Å². The first-order valence-corrected chi connectivity index (χ1v) is 8.02. The summed E-state index contributed by atoms with van der Waals surface area (Å²) >= 11 is 0. The van der Waals surface area contributed by atoms with Gasteiger partial charge in [-0.1, -0.05) is 37.3 Å². The molecule has 0 amide bonds. The second kappa shape index (κ2) is 7.71. The molecule has 1 fully saturated rings. The second-order valence-electron chi connectivity index (χ2n) is 6.60. The minimum absolute atomic E-state index is 0.0589. The van der Waals surface area contributed by atoms with Crippen molar-refractivity contribution in [3.63, 3.8) is 0 Å². The largest absolute Gasteiger partial charge is 0.306 e. The van der Waals surface area contributed by atoms with Crippen LogP contribution < -0.4 is 0 Å². The van der Waals surface area contributed by atoms with Gasteiger partial charge in [-0.2, -0.15) is 0 Å². The molecule has 0 spiro atoms. The third-order valence-electron chi connectivity index (χ3n) is 4.50. The van der Waals surface area contributed by atoms with E-state index in [1.165, 1.54) is 25.9 Å². The van der Waals surface area contributed by atoms with Crippen LogP contribution in [0.4, 0.5) is 0 Å². The van der Waals surface area contributed by atoms with E-state index in [9.17, 15) is 4.79 Å². The zero-order valence-electron chi connectivity index (χ0n) is 13.6. The van der Waals surface area contributed by atoms with Gasteiger partial charge in [0.15, 0.2) is 5.78 Å². The van der Waals surface area contributed by atoms with Crippen molar-refractivity contribution < 1.29 is 4.79 Å². The first kappa shape index (κ1) is 16.2. The van der Waals surface area contributed by atoms with E-state index in [0.29, 0.717) is 0 Å². The number of rotatable bonds is 6. The van der Waals surface area contributed by atoms with Crippen LogP contribution in [0.15, 0.2) is 30.3 Å². The lowest BCUT2D eigenvalue weighted by Crippen LogP contribution is -2.37. The van der Waals surface area contributed by atoms with Gasteiger partial charge in [0.25, 0.3) is 0 Å². The number of hydrogen-bond acceptors (Lipinski definition) is 3. The van der Waals surface area contributed by atoms with Crippen LogP contribution >= 0.6 is 0 Å². The van der Waals surface area contributed by atoms with Crippen LogP contribution in [0.2, 0.25) is 0 Å². The standard InChI is InChI=1S/C18H28N2O/c1-15(18(21)17-7-5-4-6-8-17)13-20(3)14-16-9-11-19(2)12-10-16/h4-8,15-16H,9-14H2,1-3H3. The molecule has 1 aromatic carbocycles. The molecule has 3 heteroatoms. The maximum atomic E-state index is 12.4. The van der Waals surface area contributed by atoms with Crippen LogP contribution in [0.5, 0.6) is 0 Å². The summed E-state index contributed by atoms with van der Waals surface area (Å²) in [5, 5.41) is 0. The van der Waals surface area contributed by atoms with Gasteiger partial charge in [-0.05, 0) is 45.9 Å². The topological polar surface area (TPSA) is 23.6 Å². The van der Waals surface area contributed by atoms with E-state index in [2.05, 4.69) is 23.9 Å². The normalized spacial score (nSPS) is 18.9. The summed E-state index contributed by atoms with van der Waals surface area (Å²) in [5.41, 5.74) is 0.831. The Balaban J connectivity index is 1.79. The number of benzene rings is 1. The van der Waals surface area contributed by atoms with Gasteiger partial charge in [0.2, 0.25) is 0 Å². The first-order chi connectivity index (χ1) is 10.1. The molecule has 0 bridgehead atoms. The van der Waals surface area contributed by atoms with E-state index in [-0.39, 0.29) is 11.7 Å². The summed E-state index contributed by atoms with van der Waals surface area (Å²) in [6.45, 7) is 6.41. The van der Waals surface area contributed by atoms with Gasteiger partial charge >= 0.3 is 0 Å². The van der Waals surface area contributed by atoms with Gasteiger partial charge in [-0.3, -0.25) is 4.79 Å². The van der Waals surface area contributed by atoms with Crippen molar-refractivity contribution in [3.05, 3.63) is 35.9 Å². The minimum atomic E-state index is 0.0589. The molecule has 1 aromatic rings. The molecule has 21 heavy (non-hydrogen) atoms. The molecule has 0 aromatic heterocycles. The third-order valence-corrected chi connectivity index (χ3v) is 4.50. The number of hydrogen-bond donors (Lipinski definition) is 0. The molecule has 1 atom stereocenters. The van der Waals surface area contributed by atoms with Crippen molar-refractivity contribution >= 4 is 5.78 Å². The zero-order valence-corrected chi connectivity index (χ0v) is 13.6. The van der Waals surface area contributed by atoms with Crippen LogP contribution in [-0.4, -0.2) is 55.9 Å². The number of carbonyl (C=O) groups is 1. The Bertz CT molecular complexity index is 438. The van der Waals surface area contributed by atoms with E-state index in [1.807, 2.05) is 37.3 Å². The molecule has 1 heterocycles. The van der Waals surface area contributed by atoms with Crippen molar-refractivity contribution in [2.24, 2.45) is 11.8 Å². The molecule has 1 unspecified atom stereocenters. The lowest BCUT2D eigenvalue weighted by atomic mass is 9.95. The quantitative estimate of drug-likeness (QED) is 0.752. The predicted octanol–water partition coefficient (Wildman–Crippen LogP) is 2.78. The van der Waals surface area contributed by atoms with Crippen molar-refractivity contribution in [1.29, 1.82) is 0 Å². The van der Waals surface area contributed by atoms with E-state index < -0.39 is 0 Å². The maximum Gasteiger partial charge on any atom is 0.166 e. The van der Waals surface area contributed by atoms with Gasteiger partial charge < -0.3 is 9.80 Å². The fourth-order valence-electron chi connectivity index (χ4n) is 3.20. The van der Waals surface area contributed by atoms with Crippen molar-refractivity contribution in [1.82, 2.24) is 9.80 Å². The van der Waals surface area contributed by atoms with Crippen LogP contribution in [-0.2, 0) is 0 Å². The van der Waals surface area contributed by atoms with Gasteiger partial charge in [0.05, 0.1) is 0 Å². The average molecular weight is 288 g/mol. The average Bonchev–Trinajstić information content (AvgIpc) is 2.49. The van der Waals surface area contributed by atoms with Crippen LogP contribution in [0, 0.1) is 11.8 Å². The highest BCUT2D eigenvalue weighted by Gasteiger charge is 2.21. The number of ketones is 1. The molecule has 2 rings (SSSR count). The minimum Gasteiger partial charge on any atom is -0.306 e. The molecule has 1 aliphatic heterocycles. The summed E-state index contributed by atoms with van der Waals surface area (Å²) in [7, 11) is 4.34. The molecule has 3 nitrogen and oxygen atoms in total. The highest BCUT2D eigenvalue weighted by molar-refractivity contribution is 5.97. The highest BCUT2D eigenvalue weighted by Crippen LogP contribution is 2.18. The Kier molecular flexibility index (Phi) is 5.95. The zero-order chi connectivity index (χ0) is 15.2. The number of carbonyl (C=O) groups excluding carboxylic acids is 1. The molecule has 0 radical (unpaired) electrons. The van der Waals surface area contributed by atoms with E-state index in [1.54, 1.807) is 0 Å². The number of nitrogens with zero attached hydrogens (tertiary/aromatic N) is 2. The molecule has 116 valence electrons. The molecule has 1 aliphatic rings. The third kappa shape index (κ3) is 4.94. The summed E-state index contributed by atoms with van der Waals surface area (Å²) in [5.74, 6) is 1.10. The lowest BCUT2D eigenvalue weighted by Gasteiger charge is -2.32. The molecule has 0 aliphatic carbocycles.